The van der Waals surface area contributed by atoms with Crippen LogP contribution in [-0.2, 0) is 0 Å². The second kappa shape index (κ2) is 3.65. The lowest BCUT2D eigenvalue weighted by Gasteiger charge is -2.46. The van der Waals surface area contributed by atoms with Crippen LogP contribution < -0.4 is 15.4 Å². The van der Waals surface area contributed by atoms with E-state index in [4.69, 9.17) is 10.5 Å². The molecule has 1 fully saturated rings. The molecule has 1 aromatic carbocycles. The van der Waals surface area contributed by atoms with E-state index < -0.39 is 0 Å². The first kappa shape index (κ1) is 10.4. The maximum absolute atomic E-state index is 6.01. The standard InChI is InChI=1S/C13H17N3O/c1-17-11-5-3-10(4-6-11)16-12(14)15-9-13(16)7-2-8-13/h3-6H,2,7-9H2,1H3,(H2,14,15). The van der Waals surface area contributed by atoms with Gasteiger partial charge in [-0.25, -0.2) is 0 Å². The summed E-state index contributed by atoms with van der Waals surface area (Å²) in [4.78, 5) is 6.59. The monoisotopic (exact) mass is 231 g/mol. The summed E-state index contributed by atoms with van der Waals surface area (Å²) in [5, 5.41) is 0. The number of hydrogen-bond acceptors (Lipinski definition) is 4. The molecule has 2 N–H and O–H groups in total. The number of aliphatic imine (C=N–C) groups is 1. The minimum atomic E-state index is 0.165. The van der Waals surface area contributed by atoms with Gasteiger partial charge in [-0.15, -0.1) is 0 Å². The number of nitrogens with zero attached hydrogens (tertiary/aromatic N) is 2. The molecule has 1 aliphatic carbocycles. The predicted octanol–water partition coefficient (Wildman–Crippen LogP) is 1.75. The van der Waals surface area contributed by atoms with Gasteiger partial charge in [-0.05, 0) is 43.5 Å². The molecule has 4 heteroatoms. The van der Waals surface area contributed by atoms with E-state index in [2.05, 4.69) is 9.89 Å². The van der Waals surface area contributed by atoms with Gasteiger partial charge in [0.25, 0.3) is 0 Å². The quantitative estimate of drug-likeness (QED) is 0.843. The molecular weight excluding hydrogens is 214 g/mol. The highest BCUT2D eigenvalue weighted by Crippen LogP contribution is 2.43. The van der Waals surface area contributed by atoms with E-state index in [-0.39, 0.29) is 5.54 Å². The van der Waals surface area contributed by atoms with Crippen LogP contribution in [0.1, 0.15) is 19.3 Å². The van der Waals surface area contributed by atoms with Gasteiger partial charge >= 0.3 is 0 Å². The number of rotatable bonds is 2. The average Bonchev–Trinajstić information content (AvgIpc) is 2.67. The summed E-state index contributed by atoms with van der Waals surface area (Å²) in [5.41, 5.74) is 7.29. The number of hydrogen-bond donors (Lipinski definition) is 1. The van der Waals surface area contributed by atoms with Crippen LogP contribution in [0.3, 0.4) is 0 Å². The fraction of sp³-hybridized carbons (Fsp3) is 0.462. The van der Waals surface area contributed by atoms with Crippen LogP contribution in [-0.4, -0.2) is 25.2 Å². The molecule has 1 spiro atoms. The second-order valence-corrected chi connectivity index (χ2v) is 4.79. The highest BCUT2D eigenvalue weighted by atomic mass is 16.5. The third kappa shape index (κ3) is 1.47. The van der Waals surface area contributed by atoms with Crippen molar-refractivity contribution in [2.24, 2.45) is 10.7 Å². The molecule has 0 bridgehead atoms. The maximum Gasteiger partial charge on any atom is 0.196 e. The molecule has 1 saturated carbocycles. The molecule has 0 unspecified atom stereocenters. The van der Waals surface area contributed by atoms with E-state index in [1.807, 2.05) is 24.3 Å². The highest BCUT2D eigenvalue weighted by Gasteiger charge is 2.47. The van der Waals surface area contributed by atoms with E-state index in [0.717, 1.165) is 18.0 Å². The second-order valence-electron chi connectivity index (χ2n) is 4.79. The van der Waals surface area contributed by atoms with Crippen molar-refractivity contribution in [3.63, 3.8) is 0 Å². The van der Waals surface area contributed by atoms with E-state index in [1.165, 1.54) is 19.3 Å². The molecule has 4 nitrogen and oxygen atoms in total. The van der Waals surface area contributed by atoms with Crippen LogP contribution >= 0.6 is 0 Å². The van der Waals surface area contributed by atoms with Crippen molar-refractivity contribution in [2.75, 3.05) is 18.6 Å². The van der Waals surface area contributed by atoms with Gasteiger partial charge in [0, 0.05) is 5.69 Å². The van der Waals surface area contributed by atoms with Gasteiger partial charge in [-0.2, -0.15) is 0 Å². The summed E-state index contributed by atoms with van der Waals surface area (Å²) in [6, 6.07) is 8.03. The van der Waals surface area contributed by atoms with Crippen molar-refractivity contribution < 1.29 is 4.74 Å². The molecule has 3 rings (SSSR count). The Balaban J connectivity index is 1.93. The van der Waals surface area contributed by atoms with Crippen LogP contribution in [0.25, 0.3) is 0 Å². The summed E-state index contributed by atoms with van der Waals surface area (Å²) in [6.45, 7) is 0.838. The van der Waals surface area contributed by atoms with Gasteiger partial charge in [-0.3, -0.25) is 4.99 Å². The number of ether oxygens (including phenoxy) is 1. The third-order valence-electron chi connectivity index (χ3n) is 3.85. The van der Waals surface area contributed by atoms with Gasteiger partial charge in [-0.1, -0.05) is 0 Å². The van der Waals surface area contributed by atoms with Gasteiger partial charge in [0.05, 0.1) is 19.2 Å². The minimum Gasteiger partial charge on any atom is -0.497 e. The first-order valence-corrected chi connectivity index (χ1v) is 5.99. The van der Waals surface area contributed by atoms with Gasteiger partial charge in [0.1, 0.15) is 5.75 Å². The SMILES string of the molecule is COc1ccc(N2C(N)=NCC23CCC3)cc1. The van der Waals surface area contributed by atoms with E-state index in [9.17, 15) is 0 Å². The van der Waals surface area contributed by atoms with Crippen molar-refractivity contribution in [3.8, 4) is 5.75 Å². The molecule has 0 atom stereocenters. The number of guanidine groups is 1. The number of benzene rings is 1. The third-order valence-corrected chi connectivity index (χ3v) is 3.85. The smallest absolute Gasteiger partial charge is 0.196 e. The summed E-state index contributed by atoms with van der Waals surface area (Å²) >= 11 is 0. The Kier molecular flexibility index (Phi) is 2.24. The number of methoxy groups -OCH3 is 1. The van der Waals surface area contributed by atoms with Gasteiger partial charge in [0.15, 0.2) is 5.96 Å². The lowest BCUT2D eigenvalue weighted by Crippen LogP contribution is -2.56. The predicted molar refractivity (Wildman–Crippen MR) is 68.5 cm³/mol. The Labute approximate surface area is 101 Å². The van der Waals surface area contributed by atoms with Gasteiger partial charge in [0.2, 0.25) is 0 Å². The van der Waals surface area contributed by atoms with Crippen LogP contribution in [0, 0.1) is 0 Å². The fourth-order valence-electron chi connectivity index (χ4n) is 2.72. The molecule has 90 valence electrons. The fourth-order valence-corrected chi connectivity index (χ4v) is 2.72. The van der Waals surface area contributed by atoms with E-state index in [0.29, 0.717) is 5.96 Å². The lowest BCUT2D eigenvalue weighted by atomic mass is 9.76. The molecule has 0 radical (unpaired) electrons. The molecule has 0 aromatic heterocycles. The molecule has 1 heterocycles. The topological polar surface area (TPSA) is 50.9 Å². The molecule has 0 saturated heterocycles. The first-order chi connectivity index (χ1) is 8.25. The first-order valence-electron chi connectivity index (χ1n) is 5.99. The van der Waals surface area contributed by atoms with E-state index >= 15 is 0 Å². The van der Waals surface area contributed by atoms with Crippen molar-refractivity contribution in [1.82, 2.24) is 0 Å². The summed E-state index contributed by atoms with van der Waals surface area (Å²) in [5.74, 6) is 1.51. The Morgan fingerprint density at radius 3 is 2.53 bits per heavy atom. The average molecular weight is 231 g/mol. The molecular formula is C13H17N3O. The van der Waals surface area contributed by atoms with Crippen molar-refractivity contribution in [3.05, 3.63) is 24.3 Å². The van der Waals surface area contributed by atoms with Crippen LogP contribution in [0.15, 0.2) is 29.3 Å². The largest absolute Gasteiger partial charge is 0.497 e. The van der Waals surface area contributed by atoms with Crippen LogP contribution in [0.5, 0.6) is 5.75 Å². The molecule has 17 heavy (non-hydrogen) atoms. The molecule has 2 aliphatic rings. The van der Waals surface area contributed by atoms with Crippen LogP contribution in [0.2, 0.25) is 0 Å². The number of anilines is 1. The summed E-state index contributed by atoms with van der Waals surface area (Å²) < 4.78 is 5.17. The Hall–Kier alpha value is -1.71. The summed E-state index contributed by atoms with van der Waals surface area (Å²) in [6.07, 6.45) is 3.64. The highest BCUT2D eigenvalue weighted by molar-refractivity contribution is 5.98. The normalized spacial score (nSPS) is 21.2. The zero-order chi connectivity index (χ0) is 11.9. The molecule has 1 aliphatic heterocycles. The Bertz CT molecular complexity index is 448. The van der Waals surface area contributed by atoms with Crippen molar-refractivity contribution >= 4 is 11.6 Å². The zero-order valence-corrected chi connectivity index (χ0v) is 10.0. The maximum atomic E-state index is 6.01. The zero-order valence-electron chi connectivity index (χ0n) is 10.0. The minimum absolute atomic E-state index is 0.165. The van der Waals surface area contributed by atoms with Crippen molar-refractivity contribution in [2.45, 2.75) is 24.8 Å². The van der Waals surface area contributed by atoms with Crippen LogP contribution in [0.4, 0.5) is 5.69 Å². The van der Waals surface area contributed by atoms with E-state index in [1.54, 1.807) is 7.11 Å². The number of nitrogens with two attached hydrogens (primary N) is 1. The lowest BCUT2D eigenvalue weighted by molar-refractivity contribution is 0.272. The summed E-state index contributed by atoms with van der Waals surface area (Å²) in [7, 11) is 1.67. The Morgan fingerprint density at radius 2 is 2.00 bits per heavy atom. The molecule has 1 aromatic rings. The van der Waals surface area contributed by atoms with Gasteiger partial charge < -0.3 is 15.4 Å². The Morgan fingerprint density at radius 1 is 1.29 bits per heavy atom. The van der Waals surface area contributed by atoms with Crippen molar-refractivity contribution in [1.29, 1.82) is 0 Å². The molecule has 0 amide bonds.